The molecule has 0 aliphatic rings. The van der Waals surface area contributed by atoms with Gasteiger partial charge < -0.3 is 4.98 Å². The second-order valence-corrected chi connectivity index (χ2v) is 3.08. The molecule has 0 saturated carbocycles. The van der Waals surface area contributed by atoms with E-state index in [0.29, 0.717) is 12.1 Å². The van der Waals surface area contributed by atoms with E-state index >= 15 is 0 Å². The number of hydrogen-bond donors (Lipinski definition) is 1. The van der Waals surface area contributed by atoms with Crippen LogP contribution in [0.5, 0.6) is 0 Å². The number of rotatable bonds is 2. The average Bonchev–Trinajstić information content (AvgIpc) is 2.68. The van der Waals surface area contributed by atoms with Crippen LogP contribution in [0, 0.1) is 11.3 Å². The van der Waals surface area contributed by atoms with Gasteiger partial charge in [-0.2, -0.15) is 5.26 Å². The number of hydrogen-bond acceptors (Lipinski definition) is 2. The minimum atomic E-state index is 0.297. The molecule has 1 aromatic carbocycles. The van der Waals surface area contributed by atoms with Crippen LogP contribution in [0.1, 0.15) is 11.1 Å². The van der Waals surface area contributed by atoms with Gasteiger partial charge in [0, 0.05) is 22.0 Å². The predicted octanol–water partition coefficient (Wildman–Crippen LogP) is 2.85. The molecule has 1 heterocycles. The third-order valence-corrected chi connectivity index (χ3v) is 2.20. The Hall–Kier alpha value is -2.44. The Morgan fingerprint density at radius 2 is 2.40 bits per heavy atom. The Kier molecular flexibility index (Phi) is 2.28. The molecule has 0 saturated heterocycles. The van der Waals surface area contributed by atoms with Crippen LogP contribution in [0.15, 0.2) is 29.5 Å². The summed E-state index contributed by atoms with van der Waals surface area (Å²) >= 11 is 0. The first-order chi connectivity index (χ1) is 7.35. The summed E-state index contributed by atoms with van der Waals surface area (Å²) in [6.45, 7) is 0.297. The van der Waals surface area contributed by atoms with E-state index in [1.54, 1.807) is 18.3 Å². The van der Waals surface area contributed by atoms with Gasteiger partial charge in [-0.05, 0) is 29.3 Å². The Morgan fingerprint density at radius 1 is 1.53 bits per heavy atom. The van der Waals surface area contributed by atoms with Crippen molar-refractivity contribution >= 4 is 10.9 Å². The molecule has 5 heteroatoms. The van der Waals surface area contributed by atoms with E-state index in [0.717, 1.165) is 16.5 Å². The zero-order valence-corrected chi connectivity index (χ0v) is 7.81. The second-order valence-electron chi connectivity index (χ2n) is 3.08. The molecule has 1 N–H and O–H groups in total. The van der Waals surface area contributed by atoms with Gasteiger partial charge in [-0.25, -0.2) is 0 Å². The van der Waals surface area contributed by atoms with Gasteiger partial charge >= 0.3 is 0 Å². The number of nitriles is 1. The smallest absolute Gasteiger partial charge is 0.0991 e. The lowest BCUT2D eigenvalue weighted by atomic mass is 10.1. The monoisotopic (exact) mass is 197 g/mol. The van der Waals surface area contributed by atoms with Crippen molar-refractivity contribution in [1.82, 2.24) is 4.98 Å². The quantitative estimate of drug-likeness (QED) is 0.447. The van der Waals surface area contributed by atoms with Gasteiger partial charge in [0.1, 0.15) is 0 Å². The zero-order chi connectivity index (χ0) is 10.7. The van der Waals surface area contributed by atoms with Crippen molar-refractivity contribution in [1.29, 1.82) is 5.26 Å². The van der Waals surface area contributed by atoms with Gasteiger partial charge in [-0.3, -0.25) is 0 Å². The van der Waals surface area contributed by atoms with Crippen LogP contribution in [0.25, 0.3) is 21.3 Å². The standard InChI is InChI=1S/C10H7N5/c11-4-7-1-2-10-9(3-7)8(5-13-10)6-14-15-12/h1-3,5,13H,6H2. The van der Waals surface area contributed by atoms with Crippen LogP contribution in [0.4, 0.5) is 0 Å². The lowest BCUT2D eigenvalue weighted by molar-refractivity contribution is 1.06. The van der Waals surface area contributed by atoms with E-state index < -0.39 is 0 Å². The van der Waals surface area contributed by atoms with E-state index in [-0.39, 0.29) is 0 Å². The molecule has 0 fully saturated rings. The van der Waals surface area contributed by atoms with Crippen molar-refractivity contribution in [2.75, 3.05) is 0 Å². The maximum atomic E-state index is 8.76. The first-order valence-electron chi connectivity index (χ1n) is 4.36. The normalized spacial score (nSPS) is 9.53. The molecule has 15 heavy (non-hydrogen) atoms. The Bertz CT molecular complexity index is 583. The van der Waals surface area contributed by atoms with Crippen molar-refractivity contribution in [3.05, 3.63) is 46.0 Å². The number of H-pyrrole nitrogens is 1. The van der Waals surface area contributed by atoms with Crippen molar-refractivity contribution in [2.45, 2.75) is 6.54 Å². The molecule has 72 valence electrons. The van der Waals surface area contributed by atoms with Crippen LogP contribution < -0.4 is 0 Å². The van der Waals surface area contributed by atoms with Gasteiger partial charge in [-0.1, -0.05) is 5.11 Å². The van der Waals surface area contributed by atoms with Crippen LogP contribution in [0.2, 0.25) is 0 Å². The summed E-state index contributed by atoms with van der Waals surface area (Å²) in [7, 11) is 0. The Labute approximate surface area is 85.6 Å². The highest BCUT2D eigenvalue weighted by Gasteiger charge is 2.03. The fraction of sp³-hybridized carbons (Fsp3) is 0.100. The molecule has 2 rings (SSSR count). The van der Waals surface area contributed by atoms with Crippen LogP contribution >= 0.6 is 0 Å². The van der Waals surface area contributed by atoms with Crippen LogP contribution in [0.3, 0.4) is 0 Å². The summed E-state index contributed by atoms with van der Waals surface area (Å²) in [5, 5.41) is 13.2. The van der Waals surface area contributed by atoms with E-state index in [9.17, 15) is 0 Å². The minimum absolute atomic E-state index is 0.297. The fourth-order valence-electron chi connectivity index (χ4n) is 1.49. The maximum absolute atomic E-state index is 8.76. The number of benzene rings is 1. The molecular weight excluding hydrogens is 190 g/mol. The van der Waals surface area contributed by atoms with Gasteiger partial charge in [-0.15, -0.1) is 0 Å². The molecule has 0 aliphatic heterocycles. The average molecular weight is 197 g/mol. The summed E-state index contributed by atoms with van der Waals surface area (Å²) in [5.41, 5.74) is 10.7. The molecule has 0 radical (unpaired) electrons. The topological polar surface area (TPSA) is 88.3 Å². The highest BCUT2D eigenvalue weighted by molar-refractivity contribution is 5.84. The molecule has 0 bridgehead atoms. The summed E-state index contributed by atoms with van der Waals surface area (Å²) in [6, 6.07) is 7.45. The van der Waals surface area contributed by atoms with Gasteiger partial charge in [0.25, 0.3) is 0 Å². The number of aromatic nitrogens is 1. The van der Waals surface area contributed by atoms with Crippen LogP contribution in [-0.4, -0.2) is 4.98 Å². The van der Waals surface area contributed by atoms with Crippen LogP contribution in [-0.2, 0) is 6.54 Å². The molecular formula is C10H7N5. The predicted molar refractivity (Wildman–Crippen MR) is 55.9 cm³/mol. The van der Waals surface area contributed by atoms with Gasteiger partial charge in [0.2, 0.25) is 0 Å². The fourth-order valence-corrected chi connectivity index (χ4v) is 1.49. The lowest BCUT2D eigenvalue weighted by Gasteiger charge is -1.93. The molecule has 2 aromatic rings. The van der Waals surface area contributed by atoms with Crippen molar-refractivity contribution in [3.8, 4) is 6.07 Å². The minimum Gasteiger partial charge on any atom is -0.361 e. The Balaban J connectivity index is 2.57. The molecule has 0 unspecified atom stereocenters. The third kappa shape index (κ3) is 1.62. The number of nitrogens with zero attached hydrogens (tertiary/aromatic N) is 4. The molecule has 0 amide bonds. The van der Waals surface area contributed by atoms with Crippen molar-refractivity contribution in [2.24, 2.45) is 5.11 Å². The van der Waals surface area contributed by atoms with E-state index in [1.807, 2.05) is 6.07 Å². The molecule has 0 atom stereocenters. The largest absolute Gasteiger partial charge is 0.361 e. The summed E-state index contributed by atoms with van der Waals surface area (Å²) in [4.78, 5) is 5.76. The highest BCUT2D eigenvalue weighted by atomic mass is 15.1. The molecule has 0 aliphatic carbocycles. The number of fused-ring (bicyclic) bond motifs is 1. The Morgan fingerprint density at radius 3 is 3.13 bits per heavy atom. The first kappa shape index (κ1) is 9.13. The van der Waals surface area contributed by atoms with Crippen molar-refractivity contribution in [3.63, 3.8) is 0 Å². The molecule has 0 spiro atoms. The molecule has 1 aromatic heterocycles. The maximum Gasteiger partial charge on any atom is 0.0991 e. The third-order valence-electron chi connectivity index (χ3n) is 2.20. The SMILES string of the molecule is N#Cc1ccc2[nH]cc(CN=[N+]=[N-])c2c1. The first-order valence-corrected chi connectivity index (χ1v) is 4.36. The number of aromatic amines is 1. The second kappa shape index (κ2) is 3.74. The van der Waals surface area contributed by atoms with Crippen molar-refractivity contribution < 1.29 is 0 Å². The van der Waals surface area contributed by atoms with Gasteiger partial charge in [0.15, 0.2) is 0 Å². The van der Waals surface area contributed by atoms with E-state index in [1.165, 1.54) is 0 Å². The summed E-state index contributed by atoms with van der Waals surface area (Å²) in [6.07, 6.45) is 1.79. The van der Waals surface area contributed by atoms with Gasteiger partial charge in [0.05, 0.1) is 18.2 Å². The summed E-state index contributed by atoms with van der Waals surface area (Å²) < 4.78 is 0. The van der Waals surface area contributed by atoms with E-state index in [2.05, 4.69) is 21.1 Å². The summed E-state index contributed by atoms with van der Waals surface area (Å²) in [5.74, 6) is 0. The highest BCUT2D eigenvalue weighted by Crippen LogP contribution is 2.20. The zero-order valence-electron chi connectivity index (χ0n) is 7.81. The van der Waals surface area contributed by atoms with E-state index in [4.69, 9.17) is 10.8 Å². The lowest BCUT2D eigenvalue weighted by Crippen LogP contribution is -1.78. The molecule has 5 nitrogen and oxygen atoms in total. The number of nitrogens with one attached hydrogen (secondary N) is 1. The number of azide groups is 1.